The first kappa shape index (κ1) is 7.96. The van der Waals surface area contributed by atoms with Crippen molar-refractivity contribution in [2.75, 3.05) is 13.2 Å². The Balaban J connectivity index is 2.87. The molecule has 0 aromatic heterocycles. The minimum absolute atomic E-state index is 0.0958. The first-order chi connectivity index (χ1) is 5.09. The monoisotopic (exact) mass is 161 g/mol. The van der Waals surface area contributed by atoms with Crippen LogP contribution in [0, 0.1) is 0 Å². The molecule has 1 fully saturated rings. The fourth-order valence-corrected chi connectivity index (χ4v) is 0.848. The molecule has 0 amide bonds. The molecule has 0 atom stereocenters. The first-order valence-electron chi connectivity index (χ1n) is 2.95. The van der Waals surface area contributed by atoms with Gasteiger partial charge >= 0.3 is 17.7 Å². The number of nitrogens with one attached hydrogen (secondary N) is 1. The smallest absolute Gasteiger partial charge is 0.363 e. The van der Waals surface area contributed by atoms with E-state index in [0.29, 0.717) is 0 Å². The number of rotatable bonds is 2. The number of hydrogen-bond donors (Lipinski definition) is 3. The van der Waals surface area contributed by atoms with Crippen molar-refractivity contribution in [2.24, 2.45) is 0 Å². The van der Waals surface area contributed by atoms with Crippen LogP contribution in [0.1, 0.15) is 0 Å². The van der Waals surface area contributed by atoms with Gasteiger partial charge < -0.3 is 14.9 Å². The molecule has 0 aromatic rings. The van der Waals surface area contributed by atoms with Gasteiger partial charge in [-0.05, 0) is 0 Å². The zero-order chi connectivity index (χ0) is 8.48. The second-order valence-corrected chi connectivity index (χ2v) is 2.07. The van der Waals surface area contributed by atoms with E-state index < -0.39 is 17.7 Å². The number of ether oxygens (including phenoxy) is 1. The summed E-state index contributed by atoms with van der Waals surface area (Å²) in [6, 6.07) is 0. The van der Waals surface area contributed by atoms with Crippen molar-refractivity contribution in [3.8, 4) is 0 Å². The summed E-state index contributed by atoms with van der Waals surface area (Å²) in [4.78, 5) is 20.8. The zero-order valence-corrected chi connectivity index (χ0v) is 5.53. The lowest BCUT2D eigenvalue weighted by Gasteiger charge is -2.16. The van der Waals surface area contributed by atoms with Gasteiger partial charge in [-0.1, -0.05) is 0 Å². The van der Waals surface area contributed by atoms with Crippen LogP contribution in [0.15, 0.2) is 0 Å². The molecular weight excluding hydrogens is 154 g/mol. The van der Waals surface area contributed by atoms with Crippen LogP contribution in [-0.2, 0) is 14.3 Å². The Morgan fingerprint density at radius 2 is 1.91 bits per heavy atom. The highest BCUT2D eigenvalue weighted by Crippen LogP contribution is 2.12. The van der Waals surface area contributed by atoms with Crippen LogP contribution >= 0.6 is 0 Å². The molecule has 0 unspecified atom stereocenters. The van der Waals surface area contributed by atoms with Crippen molar-refractivity contribution in [3.63, 3.8) is 0 Å². The van der Waals surface area contributed by atoms with E-state index in [0.717, 1.165) is 0 Å². The van der Waals surface area contributed by atoms with Crippen LogP contribution in [-0.4, -0.2) is 41.0 Å². The quantitative estimate of drug-likeness (QED) is 0.425. The van der Waals surface area contributed by atoms with Crippen LogP contribution in [0.3, 0.4) is 0 Å². The number of carboxylic acid groups (broad SMARTS) is 2. The Hall–Kier alpha value is -1.14. The van der Waals surface area contributed by atoms with Gasteiger partial charge in [-0.25, -0.2) is 9.59 Å². The summed E-state index contributed by atoms with van der Waals surface area (Å²) in [5.74, 6) is -3.05. The molecule has 1 aliphatic rings. The summed E-state index contributed by atoms with van der Waals surface area (Å²) < 4.78 is 4.55. The lowest BCUT2D eigenvalue weighted by atomic mass is 10.2. The molecule has 6 heteroatoms. The molecule has 1 aliphatic heterocycles. The summed E-state index contributed by atoms with van der Waals surface area (Å²) in [6.07, 6.45) is 0. The first-order valence-corrected chi connectivity index (χ1v) is 2.95. The van der Waals surface area contributed by atoms with Crippen molar-refractivity contribution in [1.82, 2.24) is 5.32 Å². The van der Waals surface area contributed by atoms with Crippen molar-refractivity contribution in [3.05, 3.63) is 0 Å². The number of hydrogen-bond acceptors (Lipinski definition) is 4. The summed E-state index contributed by atoms with van der Waals surface area (Å²) >= 11 is 0. The normalized spacial score (nSPS) is 21.5. The number of carboxylic acids is 2. The van der Waals surface area contributed by atoms with Gasteiger partial charge in [-0.3, -0.25) is 5.32 Å². The molecule has 11 heavy (non-hydrogen) atoms. The minimum atomic E-state index is -2.22. The van der Waals surface area contributed by atoms with Crippen molar-refractivity contribution in [1.29, 1.82) is 0 Å². The van der Waals surface area contributed by atoms with Gasteiger partial charge in [-0.2, -0.15) is 0 Å². The molecule has 0 saturated carbocycles. The molecule has 0 aromatic carbocycles. The predicted octanol–water partition coefficient (Wildman–Crippen LogP) is -1.53. The molecule has 0 bridgehead atoms. The minimum Gasteiger partial charge on any atom is -0.478 e. The van der Waals surface area contributed by atoms with E-state index in [1.165, 1.54) is 0 Å². The van der Waals surface area contributed by atoms with Crippen LogP contribution in [0.2, 0.25) is 0 Å². The highest BCUT2D eigenvalue weighted by atomic mass is 16.6. The SMILES string of the molecule is O=C(O)C1(C(=O)O)NCCO1. The Morgan fingerprint density at radius 3 is 2.09 bits per heavy atom. The molecule has 1 saturated heterocycles. The summed E-state index contributed by atoms with van der Waals surface area (Å²) in [7, 11) is 0. The molecule has 1 heterocycles. The van der Waals surface area contributed by atoms with Gasteiger partial charge in [0, 0.05) is 6.54 Å². The van der Waals surface area contributed by atoms with Crippen LogP contribution in [0.5, 0.6) is 0 Å². The van der Waals surface area contributed by atoms with E-state index in [1.54, 1.807) is 0 Å². The maximum Gasteiger partial charge on any atom is 0.363 e. The predicted molar refractivity (Wildman–Crippen MR) is 32.0 cm³/mol. The van der Waals surface area contributed by atoms with E-state index in [1.807, 2.05) is 0 Å². The Bertz CT molecular complexity index is 179. The van der Waals surface area contributed by atoms with E-state index in [-0.39, 0.29) is 13.2 Å². The summed E-state index contributed by atoms with van der Waals surface area (Å²) in [5.41, 5.74) is -2.22. The molecule has 6 nitrogen and oxygen atoms in total. The lowest BCUT2D eigenvalue weighted by molar-refractivity contribution is -0.179. The van der Waals surface area contributed by atoms with Crippen LogP contribution < -0.4 is 5.32 Å². The van der Waals surface area contributed by atoms with Gasteiger partial charge in [0.15, 0.2) is 0 Å². The van der Waals surface area contributed by atoms with E-state index in [2.05, 4.69) is 10.1 Å². The molecule has 0 aliphatic carbocycles. The van der Waals surface area contributed by atoms with Crippen LogP contribution in [0.25, 0.3) is 0 Å². The maximum atomic E-state index is 10.4. The van der Waals surface area contributed by atoms with E-state index >= 15 is 0 Å². The van der Waals surface area contributed by atoms with E-state index in [9.17, 15) is 9.59 Å². The molecule has 1 rings (SSSR count). The Kier molecular flexibility index (Phi) is 1.79. The average molecular weight is 161 g/mol. The Morgan fingerprint density at radius 1 is 1.36 bits per heavy atom. The largest absolute Gasteiger partial charge is 0.478 e. The van der Waals surface area contributed by atoms with Crippen molar-refractivity contribution in [2.45, 2.75) is 5.72 Å². The van der Waals surface area contributed by atoms with E-state index in [4.69, 9.17) is 10.2 Å². The zero-order valence-electron chi connectivity index (χ0n) is 5.53. The third-order valence-electron chi connectivity index (χ3n) is 1.40. The topological polar surface area (TPSA) is 95.9 Å². The van der Waals surface area contributed by atoms with Gasteiger partial charge in [0.05, 0.1) is 6.61 Å². The second-order valence-electron chi connectivity index (χ2n) is 2.07. The van der Waals surface area contributed by atoms with Crippen molar-refractivity contribution >= 4 is 11.9 Å². The summed E-state index contributed by atoms with van der Waals surface area (Å²) in [6.45, 7) is 0.331. The average Bonchev–Trinajstić information content (AvgIpc) is 2.34. The number of carbonyl (C=O) groups is 2. The molecule has 0 radical (unpaired) electrons. The molecular formula is C5H7NO5. The van der Waals surface area contributed by atoms with Gasteiger partial charge in [-0.15, -0.1) is 0 Å². The molecule has 0 spiro atoms. The van der Waals surface area contributed by atoms with Gasteiger partial charge in [0.25, 0.3) is 0 Å². The standard InChI is InChI=1S/C5H7NO5/c7-3(8)5(4(9)10)6-1-2-11-5/h6H,1-2H2,(H,7,8)(H,9,10). The lowest BCUT2D eigenvalue weighted by Crippen LogP contribution is -2.55. The van der Waals surface area contributed by atoms with Crippen LogP contribution in [0.4, 0.5) is 0 Å². The summed E-state index contributed by atoms with van der Waals surface area (Å²) in [5, 5.41) is 19.2. The fourth-order valence-electron chi connectivity index (χ4n) is 0.848. The number of aliphatic carboxylic acids is 2. The highest BCUT2D eigenvalue weighted by molar-refractivity contribution is 6.01. The fraction of sp³-hybridized carbons (Fsp3) is 0.600. The van der Waals surface area contributed by atoms with Gasteiger partial charge in [0.1, 0.15) is 0 Å². The maximum absolute atomic E-state index is 10.4. The van der Waals surface area contributed by atoms with Gasteiger partial charge in [0.2, 0.25) is 0 Å². The third-order valence-corrected chi connectivity index (χ3v) is 1.40. The van der Waals surface area contributed by atoms with Crippen molar-refractivity contribution < 1.29 is 24.5 Å². The Labute approximate surface area is 61.8 Å². The highest BCUT2D eigenvalue weighted by Gasteiger charge is 2.50. The third kappa shape index (κ3) is 1.06. The second kappa shape index (κ2) is 2.48. The molecule has 3 N–H and O–H groups in total. The molecule has 62 valence electrons.